The van der Waals surface area contributed by atoms with Gasteiger partial charge in [0.25, 0.3) is 0 Å². The number of nitrogens with one attached hydrogen (secondary N) is 1. The summed E-state index contributed by atoms with van der Waals surface area (Å²) in [5, 5.41) is 0. The molecule has 1 nitrogen and oxygen atoms in total. The summed E-state index contributed by atoms with van der Waals surface area (Å²) in [4.78, 5) is 0.938. The molecule has 0 heterocycles. The summed E-state index contributed by atoms with van der Waals surface area (Å²) < 4.78 is 338. The summed E-state index contributed by atoms with van der Waals surface area (Å²) in [5.41, 5.74) is -15.1. The highest BCUT2D eigenvalue weighted by atomic mass is 19.2. The van der Waals surface area contributed by atoms with Crippen LogP contribution < -0.4 is 4.90 Å². The van der Waals surface area contributed by atoms with Gasteiger partial charge in [-0.2, -0.15) is 4.39 Å². The third-order valence-electron chi connectivity index (χ3n) is 14.0. The Kier molecular flexibility index (Phi) is 13.8. The smallest absolute Gasteiger partial charge is 0.219 e. The average Bonchev–Trinajstić information content (AvgIpc) is 3.95. The Morgan fingerprint density at radius 1 is 0.370 bits per heavy atom. The molecule has 0 radical (unpaired) electrons. The molecule has 9 rings (SSSR count). The van der Waals surface area contributed by atoms with Crippen molar-refractivity contribution in [1.82, 2.24) is 0 Å². The molecule has 5 atom stereocenters. The van der Waals surface area contributed by atoms with Crippen LogP contribution in [0, 0.1) is 81.4 Å². The van der Waals surface area contributed by atoms with Crippen molar-refractivity contribution in [2.24, 2.45) is 0 Å². The number of allylic oxidation sites excluding steroid dienone is 4. The van der Waals surface area contributed by atoms with Crippen molar-refractivity contribution in [2.45, 2.75) is 55.9 Å². The lowest BCUT2D eigenvalue weighted by molar-refractivity contribution is -0.811. The second-order valence-corrected chi connectivity index (χ2v) is 17.7. The molecule has 0 bridgehead atoms. The minimum absolute atomic E-state index is 0.375. The standard InChI is InChI=1S/C36H8BF20.C13H19F2N/c38-9-1-5-13(25(46)21(9)42)29(50)33(54)17(5)37(18-6-2-10(39)22(43)26(47)14(6)30(51)34(18)55,19-7-3-11(40)23(44)27(48)15(7)31(52)35(19)56)20-8-4-12(41)24(45)28(49)16(8)32(53)36(20)57;1-3-4-5-6-10-16(2)12-9-7-8-11(14)13(12)15/h1-4,17-20H;7-9H,3-6,10H2,1-2H3/q-1;/p+1. The Labute approximate surface area is 397 Å². The van der Waals surface area contributed by atoms with E-state index in [4.69, 9.17) is 0 Å². The molecule has 4 aliphatic carbocycles. The maximum atomic E-state index is 16.9. The van der Waals surface area contributed by atoms with Crippen LogP contribution in [-0.4, -0.2) is 19.7 Å². The lowest BCUT2D eigenvalue weighted by Gasteiger charge is -2.57. The van der Waals surface area contributed by atoms with E-state index in [0.717, 1.165) is 30.4 Å². The molecule has 0 fully saturated rings. The highest BCUT2D eigenvalue weighted by molar-refractivity contribution is 6.88. The van der Waals surface area contributed by atoms with Crippen LogP contribution in [-0.2, 0) is 0 Å². The van der Waals surface area contributed by atoms with E-state index in [-0.39, 0.29) is 24.3 Å². The van der Waals surface area contributed by atoms with Crippen LogP contribution in [0.3, 0.4) is 0 Å². The maximum absolute atomic E-state index is 16.9. The first-order chi connectivity index (χ1) is 34.3. The Balaban J connectivity index is 0.000000381. The Hall–Kier alpha value is -6.46. The minimum atomic E-state index is -5.79. The summed E-state index contributed by atoms with van der Waals surface area (Å²) in [5.74, 6) is -69.3. The number of hydrogen-bond acceptors (Lipinski definition) is 0. The second-order valence-electron chi connectivity index (χ2n) is 17.7. The first-order valence-corrected chi connectivity index (χ1v) is 21.7. The van der Waals surface area contributed by atoms with Gasteiger partial charge in [0.15, 0.2) is 105 Å². The van der Waals surface area contributed by atoms with Crippen LogP contribution in [0.5, 0.6) is 0 Å². The van der Waals surface area contributed by atoms with Gasteiger partial charge in [0.05, 0.1) is 42.0 Å². The maximum Gasteiger partial charge on any atom is 0.219 e. The molecule has 5 unspecified atom stereocenters. The van der Waals surface area contributed by atoms with Gasteiger partial charge in [-0.3, -0.25) is 0 Å². The summed E-state index contributed by atoms with van der Waals surface area (Å²) in [6.45, 7) is 3.00. The molecule has 73 heavy (non-hydrogen) atoms. The van der Waals surface area contributed by atoms with Crippen molar-refractivity contribution in [3.05, 3.63) is 192 Å². The van der Waals surface area contributed by atoms with Gasteiger partial charge in [-0.15, -0.1) is 0 Å². The number of rotatable bonds is 10. The first kappa shape index (κ1) is 52.9. The fraction of sp³-hybridized carbons (Fsp3) is 0.224. The largest absolute Gasteiger partial charge is 0.302 e. The lowest BCUT2D eigenvalue weighted by Crippen LogP contribution is -3.04. The number of quaternary nitrogens is 1. The molecule has 0 aliphatic heterocycles. The highest BCUT2D eigenvalue weighted by Crippen LogP contribution is 2.71. The van der Waals surface area contributed by atoms with Gasteiger partial charge in [0, 0.05) is 6.07 Å². The molecule has 0 saturated heterocycles. The van der Waals surface area contributed by atoms with E-state index in [2.05, 4.69) is 6.92 Å². The number of hydrogen-bond donors (Lipinski definition) is 1. The fourth-order valence-electron chi connectivity index (χ4n) is 11.1. The van der Waals surface area contributed by atoms with Crippen LogP contribution in [0.15, 0.2) is 65.8 Å². The molecular weight excluding hydrogens is 1030 g/mol. The summed E-state index contributed by atoms with van der Waals surface area (Å²) in [7, 11) is 1.88. The van der Waals surface area contributed by atoms with E-state index in [9.17, 15) is 26.3 Å². The molecule has 0 aromatic heterocycles. The van der Waals surface area contributed by atoms with Crippen molar-refractivity contribution in [3.8, 4) is 0 Å². The van der Waals surface area contributed by atoms with Gasteiger partial charge in [0.2, 0.25) is 5.82 Å². The van der Waals surface area contributed by atoms with Gasteiger partial charge in [0.1, 0.15) is 23.3 Å². The van der Waals surface area contributed by atoms with Crippen LogP contribution in [0.4, 0.5) is 102 Å². The first-order valence-electron chi connectivity index (χ1n) is 21.7. The zero-order chi connectivity index (χ0) is 53.8. The zero-order valence-electron chi connectivity index (χ0n) is 36.8. The van der Waals surface area contributed by atoms with E-state index in [0.29, 0.717) is 5.69 Å². The van der Waals surface area contributed by atoms with Crippen LogP contribution in [0.2, 0.25) is 0 Å². The third-order valence-corrected chi connectivity index (χ3v) is 14.0. The van der Waals surface area contributed by atoms with Crippen molar-refractivity contribution in [1.29, 1.82) is 0 Å². The molecule has 0 saturated carbocycles. The normalized spacial score (nSPS) is 20.2. The van der Waals surface area contributed by atoms with Crippen molar-refractivity contribution >= 4 is 35.1 Å². The van der Waals surface area contributed by atoms with Gasteiger partial charge >= 0.3 is 0 Å². The second kappa shape index (κ2) is 19.1. The van der Waals surface area contributed by atoms with Gasteiger partial charge < -0.3 is 4.90 Å². The highest BCUT2D eigenvalue weighted by Gasteiger charge is 2.65. The van der Waals surface area contributed by atoms with Gasteiger partial charge in [-0.1, -0.05) is 71.4 Å². The number of halogens is 22. The Morgan fingerprint density at radius 3 is 0.959 bits per heavy atom. The molecule has 0 spiro atoms. The number of benzene rings is 5. The van der Waals surface area contributed by atoms with Crippen LogP contribution in [0.25, 0.3) is 23.3 Å². The van der Waals surface area contributed by atoms with Crippen LogP contribution >= 0.6 is 0 Å². The van der Waals surface area contributed by atoms with E-state index in [1.54, 1.807) is 12.1 Å². The molecule has 5 aromatic carbocycles. The van der Waals surface area contributed by atoms with E-state index in [1.807, 2.05) is 7.05 Å². The molecule has 1 N–H and O–H groups in total. The predicted octanol–water partition coefficient (Wildman–Crippen LogP) is 15.6. The topological polar surface area (TPSA) is 4.44 Å². The van der Waals surface area contributed by atoms with Gasteiger partial charge in [-0.25, -0.2) is 92.2 Å². The molecule has 386 valence electrons. The zero-order valence-corrected chi connectivity index (χ0v) is 36.8. The van der Waals surface area contributed by atoms with Crippen LogP contribution in [0.1, 0.15) is 100 Å². The van der Waals surface area contributed by atoms with E-state index < -0.39 is 202 Å². The predicted molar refractivity (Wildman–Crippen MR) is 220 cm³/mol. The summed E-state index contributed by atoms with van der Waals surface area (Å²) in [6, 6.07) is 2.86. The minimum Gasteiger partial charge on any atom is -0.302 e. The Bertz CT molecular complexity index is 2950. The van der Waals surface area contributed by atoms with E-state index >= 15 is 70.2 Å². The average molecular weight is 1060 g/mol. The fourth-order valence-corrected chi connectivity index (χ4v) is 11.1. The molecule has 4 aliphatic rings. The van der Waals surface area contributed by atoms with Crippen molar-refractivity contribution in [2.75, 3.05) is 13.6 Å². The lowest BCUT2D eigenvalue weighted by atomic mass is 9.02. The Morgan fingerprint density at radius 2 is 0.671 bits per heavy atom. The number of unbranched alkanes of at least 4 members (excludes halogenated alkanes) is 3. The van der Waals surface area contributed by atoms with Crippen molar-refractivity contribution in [3.63, 3.8) is 0 Å². The summed E-state index contributed by atoms with van der Waals surface area (Å²) in [6.07, 6.45) is -1.19. The quantitative estimate of drug-likeness (QED) is 0.0615. The van der Waals surface area contributed by atoms with E-state index in [1.165, 1.54) is 12.8 Å². The third kappa shape index (κ3) is 7.69. The molecule has 5 aromatic rings. The molecule has 24 heteroatoms. The van der Waals surface area contributed by atoms with Gasteiger partial charge in [-0.05, 0) is 43.2 Å². The van der Waals surface area contributed by atoms with Crippen molar-refractivity contribution < 1.29 is 101 Å². The molecule has 0 amide bonds. The number of fused-ring (bicyclic) bond motifs is 4. The monoisotopic (exact) mass is 1060 g/mol. The summed E-state index contributed by atoms with van der Waals surface area (Å²) >= 11 is 0. The SMILES string of the molecule is CCCCCC[NH+](C)c1cccc(F)c1F.FC1=C(F)C([B-](C2C(F)=C(F)c3c2cc(F)c(F)c3F)(C2C(F)=C(F)c3c2cc(F)c(F)c3F)C2C(F)=C(F)c3c2cc(F)c(F)c3F)c2cc(F)c(F)c(F)c21. The molecular formula is C49H28BF22N.